The lowest BCUT2D eigenvalue weighted by Crippen LogP contribution is -2.16. The number of hydrogen-bond acceptors (Lipinski definition) is 5. The number of nitrogens with one attached hydrogen (secondary N) is 1. The van der Waals surface area contributed by atoms with Gasteiger partial charge in [0.15, 0.2) is 0 Å². The third-order valence-corrected chi connectivity index (χ3v) is 7.32. The largest absolute Gasteiger partial charge is 0.506 e. The summed E-state index contributed by atoms with van der Waals surface area (Å²) in [5.41, 5.74) is -0.913. The number of sulfonamides is 1. The van der Waals surface area contributed by atoms with E-state index in [0.29, 0.717) is 10.9 Å². The van der Waals surface area contributed by atoms with Crippen LogP contribution in [0.3, 0.4) is 0 Å². The summed E-state index contributed by atoms with van der Waals surface area (Å²) in [7, 11) is -4.60. The molecule has 0 amide bonds. The molecule has 0 aliphatic rings. The Labute approximate surface area is 185 Å². The molecule has 10 heteroatoms. The van der Waals surface area contributed by atoms with E-state index in [1.165, 1.54) is 18.3 Å². The summed E-state index contributed by atoms with van der Waals surface area (Å²) in [6.07, 6.45) is 0. The fourth-order valence-corrected chi connectivity index (χ4v) is 5.54. The first-order chi connectivity index (χ1) is 15.1. The van der Waals surface area contributed by atoms with E-state index in [1.54, 1.807) is 6.07 Å². The van der Waals surface area contributed by atoms with Crippen LogP contribution in [0.15, 0.2) is 59.5 Å². The van der Waals surface area contributed by atoms with Crippen LogP contribution in [0.2, 0.25) is 0 Å². The van der Waals surface area contributed by atoms with Crippen molar-refractivity contribution in [2.24, 2.45) is 0 Å². The third kappa shape index (κ3) is 3.90. The quantitative estimate of drug-likeness (QED) is 0.361. The number of aromatic carboxylic acids is 1. The van der Waals surface area contributed by atoms with E-state index in [1.807, 2.05) is 29.0 Å². The molecule has 164 valence electrons. The molecule has 0 bridgehead atoms. The highest BCUT2D eigenvalue weighted by Gasteiger charge is 2.25. The lowest BCUT2D eigenvalue weighted by Gasteiger charge is -2.13. The molecule has 4 aromatic rings. The minimum absolute atomic E-state index is 0.00927. The Kier molecular flexibility index (Phi) is 5.35. The molecule has 0 fully saturated rings. The van der Waals surface area contributed by atoms with Crippen LogP contribution < -0.4 is 4.72 Å². The standard InChI is InChI=1S/C22H15F2NO5S2/c1-11-6-13(22(27)28)8-20(21(11)26)32(29,30)25-17-9-14(15(23)10-16(17)24)19-7-12-4-2-3-5-18(12)31-19/h2-10,25-26H,1H3,(H,27,28). The van der Waals surface area contributed by atoms with Gasteiger partial charge in [-0.15, -0.1) is 11.3 Å². The number of carboxylic acids is 1. The van der Waals surface area contributed by atoms with Gasteiger partial charge in [-0.3, -0.25) is 4.72 Å². The Morgan fingerprint density at radius 3 is 2.44 bits per heavy atom. The van der Waals surface area contributed by atoms with Crippen molar-refractivity contribution in [3.63, 3.8) is 0 Å². The average Bonchev–Trinajstić information content (AvgIpc) is 3.15. The van der Waals surface area contributed by atoms with E-state index in [2.05, 4.69) is 0 Å². The summed E-state index contributed by atoms with van der Waals surface area (Å²) in [4.78, 5) is 11.0. The van der Waals surface area contributed by atoms with Gasteiger partial charge in [0.1, 0.15) is 22.3 Å². The van der Waals surface area contributed by atoms with Crippen LogP contribution in [0.1, 0.15) is 15.9 Å². The van der Waals surface area contributed by atoms with Crippen molar-refractivity contribution in [1.82, 2.24) is 0 Å². The smallest absolute Gasteiger partial charge is 0.335 e. The van der Waals surface area contributed by atoms with Crippen molar-refractivity contribution in [2.75, 3.05) is 4.72 Å². The van der Waals surface area contributed by atoms with Gasteiger partial charge >= 0.3 is 5.97 Å². The number of hydrogen-bond donors (Lipinski definition) is 3. The summed E-state index contributed by atoms with van der Waals surface area (Å²) in [5.74, 6) is -4.11. The van der Waals surface area contributed by atoms with Gasteiger partial charge in [0.2, 0.25) is 0 Å². The molecule has 0 radical (unpaired) electrons. The summed E-state index contributed by atoms with van der Waals surface area (Å²) < 4.78 is 57.6. The zero-order chi connectivity index (χ0) is 23.2. The first-order valence-electron chi connectivity index (χ1n) is 9.14. The number of aromatic hydroxyl groups is 1. The first kappa shape index (κ1) is 21.7. The predicted molar refractivity (Wildman–Crippen MR) is 118 cm³/mol. The van der Waals surface area contributed by atoms with Gasteiger partial charge < -0.3 is 10.2 Å². The molecule has 3 aromatic carbocycles. The van der Waals surface area contributed by atoms with Crippen molar-refractivity contribution < 1.29 is 32.2 Å². The number of benzene rings is 3. The topological polar surface area (TPSA) is 104 Å². The fourth-order valence-electron chi connectivity index (χ4n) is 3.21. The monoisotopic (exact) mass is 475 g/mol. The highest BCUT2D eigenvalue weighted by atomic mass is 32.2. The van der Waals surface area contributed by atoms with Crippen LogP contribution in [0, 0.1) is 18.6 Å². The van der Waals surface area contributed by atoms with Crippen molar-refractivity contribution in [1.29, 1.82) is 0 Å². The van der Waals surface area contributed by atoms with Crippen molar-refractivity contribution >= 4 is 43.1 Å². The Bertz CT molecular complexity index is 1460. The highest BCUT2D eigenvalue weighted by molar-refractivity contribution is 7.92. The number of anilines is 1. The van der Waals surface area contributed by atoms with Crippen LogP contribution in [0.4, 0.5) is 14.5 Å². The Morgan fingerprint density at radius 2 is 1.75 bits per heavy atom. The molecule has 32 heavy (non-hydrogen) atoms. The zero-order valence-corrected chi connectivity index (χ0v) is 18.0. The van der Waals surface area contributed by atoms with Gasteiger partial charge in [-0.05, 0) is 48.2 Å². The molecule has 6 nitrogen and oxygen atoms in total. The van der Waals surface area contributed by atoms with Gasteiger partial charge in [0, 0.05) is 21.2 Å². The lowest BCUT2D eigenvalue weighted by atomic mass is 10.1. The van der Waals surface area contributed by atoms with E-state index in [9.17, 15) is 32.2 Å². The lowest BCUT2D eigenvalue weighted by molar-refractivity contribution is 0.0696. The molecule has 4 rings (SSSR count). The van der Waals surface area contributed by atoms with Gasteiger partial charge in [-0.1, -0.05) is 18.2 Å². The Balaban J connectivity index is 1.80. The van der Waals surface area contributed by atoms with Crippen LogP contribution >= 0.6 is 11.3 Å². The molecule has 0 saturated heterocycles. The number of thiophene rings is 1. The molecular weight excluding hydrogens is 460 g/mol. The zero-order valence-electron chi connectivity index (χ0n) is 16.4. The SMILES string of the molecule is Cc1cc(C(=O)O)cc(S(=O)(=O)Nc2cc(-c3cc4ccccc4s3)c(F)cc2F)c1O. The van der Waals surface area contributed by atoms with Crippen molar-refractivity contribution in [3.05, 3.63) is 77.4 Å². The number of fused-ring (bicyclic) bond motifs is 1. The second-order valence-corrected chi connectivity index (χ2v) is 9.75. The number of rotatable bonds is 5. The summed E-state index contributed by atoms with van der Waals surface area (Å²) >= 11 is 1.26. The second-order valence-electron chi connectivity index (χ2n) is 7.01. The van der Waals surface area contributed by atoms with Crippen molar-refractivity contribution in [2.45, 2.75) is 11.8 Å². The summed E-state index contributed by atoms with van der Waals surface area (Å²) in [6.45, 7) is 1.33. The van der Waals surface area contributed by atoms with E-state index < -0.39 is 44.0 Å². The number of phenolic OH excluding ortho intramolecular Hbond substituents is 1. The van der Waals surface area contributed by atoms with Gasteiger partial charge in [-0.2, -0.15) is 0 Å². The van der Waals surface area contributed by atoms with E-state index >= 15 is 0 Å². The molecule has 0 saturated carbocycles. The Hall–Kier alpha value is -3.50. The van der Waals surface area contributed by atoms with E-state index in [-0.39, 0.29) is 16.7 Å². The minimum Gasteiger partial charge on any atom is -0.506 e. The molecule has 0 spiro atoms. The minimum atomic E-state index is -4.60. The van der Waals surface area contributed by atoms with Gasteiger partial charge in [0.25, 0.3) is 10.0 Å². The first-order valence-corrected chi connectivity index (χ1v) is 11.4. The molecule has 0 aliphatic heterocycles. The van der Waals surface area contributed by atoms with Crippen molar-refractivity contribution in [3.8, 4) is 16.2 Å². The molecule has 0 unspecified atom stereocenters. The summed E-state index contributed by atoms with van der Waals surface area (Å²) in [6, 6.07) is 12.5. The Morgan fingerprint density at radius 1 is 1.03 bits per heavy atom. The van der Waals surface area contributed by atoms with Gasteiger partial charge in [-0.25, -0.2) is 22.0 Å². The number of halogens is 2. The molecule has 0 aliphatic carbocycles. The van der Waals surface area contributed by atoms with E-state index in [0.717, 1.165) is 28.3 Å². The van der Waals surface area contributed by atoms with Gasteiger partial charge in [0.05, 0.1) is 11.3 Å². The van der Waals surface area contributed by atoms with Crippen LogP contribution in [-0.4, -0.2) is 24.6 Å². The third-order valence-electron chi connectivity index (χ3n) is 4.79. The summed E-state index contributed by atoms with van der Waals surface area (Å²) in [5, 5.41) is 20.2. The average molecular weight is 475 g/mol. The second kappa shape index (κ2) is 7.88. The number of carbonyl (C=O) groups is 1. The van der Waals surface area contributed by atoms with Crippen LogP contribution in [0.25, 0.3) is 20.5 Å². The molecule has 3 N–H and O–H groups in total. The maximum atomic E-state index is 14.5. The molecule has 0 atom stereocenters. The maximum Gasteiger partial charge on any atom is 0.335 e. The molecular formula is C22H15F2NO5S2. The maximum absolute atomic E-state index is 14.5. The van der Waals surface area contributed by atoms with E-state index in [4.69, 9.17) is 0 Å². The van der Waals surface area contributed by atoms with Crippen LogP contribution in [0.5, 0.6) is 5.75 Å². The predicted octanol–water partition coefficient (Wildman–Crippen LogP) is 5.36. The number of phenols is 1. The molecule has 1 aromatic heterocycles. The molecule has 1 heterocycles. The normalized spacial score (nSPS) is 11.6. The highest BCUT2D eigenvalue weighted by Crippen LogP contribution is 2.37. The van der Waals surface area contributed by atoms with Crippen LogP contribution in [-0.2, 0) is 10.0 Å². The number of aryl methyl sites for hydroxylation is 1. The fraction of sp³-hybridized carbons (Fsp3) is 0.0455. The number of carboxylic acid groups (broad SMARTS) is 1.